The zero-order valence-electron chi connectivity index (χ0n) is 13.8. The van der Waals surface area contributed by atoms with Gasteiger partial charge in [-0.3, -0.25) is 9.89 Å². The Morgan fingerprint density at radius 1 is 1.15 bits per heavy atom. The molecule has 1 N–H and O–H groups in total. The molecule has 1 fully saturated rings. The smallest absolute Gasteiger partial charge is 0.331 e. The van der Waals surface area contributed by atoms with Crippen molar-refractivity contribution in [2.24, 2.45) is 0 Å². The van der Waals surface area contributed by atoms with E-state index in [4.69, 9.17) is 0 Å². The second-order valence-electron chi connectivity index (χ2n) is 6.50. The molecule has 1 heterocycles. The quantitative estimate of drug-likeness (QED) is 0.751. The van der Waals surface area contributed by atoms with Crippen molar-refractivity contribution in [1.29, 1.82) is 0 Å². The van der Waals surface area contributed by atoms with E-state index in [2.05, 4.69) is 10.2 Å². The number of H-pyrrole nitrogens is 1. The van der Waals surface area contributed by atoms with Crippen molar-refractivity contribution in [3.63, 3.8) is 0 Å². The van der Waals surface area contributed by atoms with Crippen LogP contribution in [-0.2, 0) is 12.7 Å². The van der Waals surface area contributed by atoms with Crippen molar-refractivity contribution in [2.45, 2.75) is 31.6 Å². The molecular weight excluding hydrogens is 343 g/mol. The number of hydrogen-bond donors (Lipinski definition) is 1. The summed E-state index contributed by atoms with van der Waals surface area (Å²) in [6, 6.07) is 10.5. The molecule has 3 aromatic rings. The van der Waals surface area contributed by atoms with Crippen LogP contribution in [0.4, 0.5) is 13.2 Å². The van der Waals surface area contributed by atoms with E-state index in [0.717, 1.165) is 35.9 Å². The monoisotopic (exact) mass is 359 g/mol. The molecule has 0 aliphatic heterocycles. The summed E-state index contributed by atoms with van der Waals surface area (Å²) in [5, 5.41) is 7.57. The minimum absolute atomic E-state index is 0.126. The molecule has 2 aromatic carbocycles. The van der Waals surface area contributed by atoms with Gasteiger partial charge in [-0.2, -0.15) is 18.3 Å². The molecule has 0 spiro atoms. The van der Waals surface area contributed by atoms with Crippen molar-refractivity contribution in [2.75, 3.05) is 0 Å². The van der Waals surface area contributed by atoms with Crippen molar-refractivity contribution >= 4 is 16.8 Å². The maximum Gasteiger partial charge on any atom is 0.416 e. The first-order valence-electron chi connectivity index (χ1n) is 8.33. The SMILES string of the molecule is O=C(c1cccc2[nH]ncc12)N(Cc1ccc(C(F)(F)F)cc1)C1CC1. The maximum atomic E-state index is 13.1. The van der Waals surface area contributed by atoms with E-state index in [1.807, 2.05) is 6.07 Å². The standard InChI is InChI=1S/C19H16F3N3O/c20-19(21,22)13-6-4-12(5-7-13)11-25(14-8-9-14)18(26)15-2-1-3-17-16(15)10-23-24-17/h1-7,10,14H,8-9,11H2,(H,23,24). The third-order valence-electron chi connectivity index (χ3n) is 4.60. The Labute approximate surface area is 147 Å². The normalized spacial score (nSPS) is 14.6. The average molecular weight is 359 g/mol. The highest BCUT2D eigenvalue weighted by Gasteiger charge is 2.34. The van der Waals surface area contributed by atoms with Gasteiger partial charge >= 0.3 is 6.18 Å². The molecule has 0 radical (unpaired) electrons. The van der Waals surface area contributed by atoms with Crippen LogP contribution in [0.5, 0.6) is 0 Å². The molecule has 0 saturated heterocycles. The lowest BCUT2D eigenvalue weighted by atomic mass is 10.1. The number of aromatic nitrogens is 2. The molecule has 1 aromatic heterocycles. The highest BCUT2D eigenvalue weighted by atomic mass is 19.4. The van der Waals surface area contributed by atoms with Crippen molar-refractivity contribution in [1.82, 2.24) is 15.1 Å². The predicted molar refractivity (Wildman–Crippen MR) is 90.4 cm³/mol. The van der Waals surface area contributed by atoms with Crippen molar-refractivity contribution in [3.05, 3.63) is 65.4 Å². The van der Waals surface area contributed by atoms with Crippen LogP contribution in [0.1, 0.15) is 34.3 Å². The van der Waals surface area contributed by atoms with Crippen LogP contribution in [0, 0.1) is 0 Å². The van der Waals surface area contributed by atoms with Gasteiger partial charge in [0.05, 0.1) is 22.8 Å². The fraction of sp³-hybridized carbons (Fsp3) is 0.263. The number of amides is 1. The highest BCUT2D eigenvalue weighted by Crippen LogP contribution is 2.32. The van der Waals surface area contributed by atoms with E-state index >= 15 is 0 Å². The number of nitrogens with zero attached hydrogens (tertiary/aromatic N) is 2. The van der Waals surface area contributed by atoms with Crippen LogP contribution in [0.3, 0.4) is 0 Å². The molecule has 1 saturated carbocycles. The second-order valence-corrected chi connectivity index (χ2v) is 6.50. The number of carbonyl (C=O) groups is 1. The summed E-state index contributed by atoms with van der Waals surface area (Å²) in [4.78, 5) is 14.8. The first-order chi connectivity index (χ1) is 12.4. The van der Waals surface area contributed by atoms with E-state index in [1.165, 1.54) is 12.1 Å². The third kappa shape index (κ3) is 3.16. The molecule has 134 valence electrons. The number of carbonyl (C=O) groups excluding carboxylic acids is 1. The molecule has 1 amide bonds. The second kappa shape index (κ2) is 6.16. The van der Waals surface area contributed by atoms with E-state index in [9.17, 15) is 18.0 Å². The fourth-order valence-corrected chi connectivity index (χ4v) is 3.06. The zero-order valence-corrected chi connectivity index (χ0v) is 13.8. The Hall–Kier alpha value is -2.83. The Morgan fingerprint density at radius 2 is 1.88 bits per heavy atom. The average Bonchev–Trinajstić information content (AvgIpc) is 3.34. The molecule has 4 nitrogen and oxygen atoms in total. The van der Waals surface area contributed by atoms with Gasteiger partial charge in [0.15, 0.2) is 0 Å². The number of fused-ring (bicyclic) bond motifs is 1. The summed E-state index contributed by atoms with van der Waals surface area (Å²) in [6.45, 7) is 0.288. The van der Waals surface area contributed by atoms with Crippen LogP contribution in [-0.4, -0.2) is 27.0 Å². The number of alkyl halides is 3. The van der Waals surface area contributed by atoms with Crippen molar-refractivity contribution in [3.8, 4) is 0 Å². The fourth-order valence-electron chi connectivity index (χ4n) is 3.06. The lowest BCUT2D eigenvalue weighted by Crippen LogP contribution is -2.32. The van der Waals surface area contributed by atoms with Crippen LogP contribution >= 0.6 is 0 Å². The third-order valence-corrected chi connectivity index (χ3v) is 4.60. The molecule has 0 bridgehead atoms. The lowest BCUT2D eigenvalue weighted by Gasteiger charge is -2.23. The number of rotatable bonds is 4. The molecule has 0 atom stereocenters. The van der Waals surface area contributed by atoms with Crippen LogP contribution in [0.25, 0.3) is 10.9 Å². The number of nitrogens with one attached hydrogen (secondary N) is 1. The van der Waals surface area contributed by atoms with Crippen molar-refractivity contribution < 1.29 is 18.0 Å². The predicted octanol–water partition coefficient (Wildman–Crippen LogP) is 4.39. The summed E-state index contributed by atoms with van der Waals surface area (Å²) in [5.74, 6) is -0.126. The van der Waals surface area contributed by atoms with Gasteiger partial charge in [-0.05, 0) is 42.7 Å². The number of halogens is 3. The minimum atomic E-state index is -4.36. The molecular formula is C19H16F3N3O. The Balaban J connectivity index is 1.60. The van der Waals surface area contributed by atoms with Gasteiger partial charge in [-0.1, -0.05) is 18.2 Å². The zero-order chi connectivity index (χ0) is 18.3. The molecule has 4 rings (SSSR count). The van der Waals surface area contributed by atoms with E-state index < -0.39 is 11.7 Å². The van der Waals surface area contributed by atoms with E-state index in [0.29, 0.717) is 11.1 Å². The van der Waals surface area contributed by atoms with Gasteiger partial charge in [0.2, 0.25) is 0 Å². The molecule has 7 heteroatoms. The Bertz CT molecular complexity index is 943. The van der Waals surface area contributed by atoms with Gasteiger partial charge in [0, 0.05) is 18.0 Å². The molecule has 26 heavy (non-hydrogen) atoms. The Kier molecular flexibility index (Phi) is 3.94. The van der Waals surface area contributed by atoms with Gasteiger partial charge in [-0.25, -0.2) is 0 Å². The first-order valence-corrected chi connectivity index (χ1v) is 8.33. The van der Waals surface area contributed by atoms with Gasteiger partial charge < -0.3 is 4.90 Å². The summed E-state index contributed by atoms with van der Waals surface area (Å²) >= 11 is 0. The van der Waals surface area contributed by atoms with E-state index in [1.54, 1.807) is 23.2 Å². The first kappa shape index (κ1) is 16.6. The molecule has 1 aliphatic carbocycles. The van der Waals surface area contributed by atoms with Gasteiger partial charge in [-0.15, -0.1) is 0 Å². The summed E-state index contributed by atoms with van der Waals surface area (Å²) < 4.78 is 38.1. The minimum Gasteiger partial charge on any atom is -0.331 e. The summed E-state index contributed by atoms with van der Waals surface area (Å²) in [6.07, 6.45) is -0.922. The van der Waals surface area contributed by atoms with Crippen LogP contribution < -0.4 is 0 Å². The largest absolute Gasteiger partial charge is 0.416 e. The summed E-state index contributed by atoms with van der Waals surface area (Å²) in [7, 11) is 0. The molecule has 0 unspecified atom stereocenters. The lowest BCUT2D eigenvalue weighted by molar-refractivity contribution is -0.137. The topological polar surface area (TPSA) is 49.0 Å². The number of benzene rings is 2. The van der Waals surface area contributed by atoms with Crippen LogP contribution in [0.15, 0.2) is 48.7 Å². The number of aromatic amines is 1. The summed E-state index contributed by atoms with van der Waals surface area (Å²) in [5.41, 5.74) is 1.32. The van der Waals surface area contributed by atoms with Gasteiger partial charge in [0.25, 0.3) is 5.91 Å². The highest BCUT2D eigenvalue weighted by molar-refractivity contribution is 6.06. The maximum absolute atomic E-state index is 13.1. The number of hydrogen-bond acceptors (Lipinski definition) is 2. The van der Waals surface area contributed by atoms with E-state index in [-0.39, 0.29) is 18.5 Å². The van der Waals surface area contributed by atoms with Crippen LogP contribution in [0.2, 0.25) is 0 Å². The van der Waals surface area contributed by atoms with Gasteiger partial charge in [0.1, 0.15) is 0 Å². The molecule has 1 aliphatic rings. The Morgan fingerprint density at radius 3 is 2.54 bits per heavy atom.